The molecule has 0 aliphatic heterocycles. The molecule has 0 unspecified atom stereocenters. The van der Waals surface area contributed by atoms with Crippen LogP contribution in [0.3, 0.4) is 0 Å². The van der Waals surface area contributed by atoms with E-state index < -0.39 is 5.41 Å². The van der Waals surface area contributed by atoms with Crippen LogP contribution in [0.15, 0.2) is 36.5 Å². The van der Waals surface area contributed by atoms with Gasteiger partial charge < -0.3 is 5.32 Å². The number of anilines is 1. The molecule has 0 saturated heterocycles. The first-order chi connectivity index (χ1) is 11.5. The van der Waals surface area contributed by atoms with Crippen LogP contribution in [0.5, 0.6) is 0 Å². The minimum Gasteiger partial charge on any atom is -0.321 e. The third-order valence-corrected chi connectivity index (χ3v) is 4.30. The molecule has 4 heteroatoms. The number of carbonyl (C=O) groups is 1. The molecule has 2 aromatic rings. The van der Waals surface area contributed by atoms with Crippen molar-refractivity contribution in [2.75, 3.05) is 5.32 Å². The molecule has 130 valence electrons. The fraction of sp³-hybridized carbons (Fsp3) is 0.381. The van der Waals surface area contributed by atoms with Crippen molar-refractivity contribution in [3.05, 3.63) is 58.9 Å². The van der Waals surface area contributed by atoms with E-state index >= 15 is 0 Å². The predicted molar refractivity (Wildman–Crippen MR) is 101 cm³/mol. The van der Waals surface area contributed by atoms with E-state index in [0.29, 0.717) is 5.69 Å². The second-order valence-corrected chi connectivity index (χ2v) is 7.90. The predicted octanol–water partition coefficient (Wildman–Crippen LogP) is 4.74. The Kier molecular flexibility index (Phi) is 4.99. The Bertz CT molecular complexity index is 839. The van der Waals surface area contributed by atoms with E-state index in [2.05, 4.69) is 44.1 Å². The largest absolute Gasteiger partial charge is 0.321 e. The molecule has 0 aliphatic rings. The number of aromatic nitrogens is 1. The zero-order valence-corrected chi connectivity index (χ0v) is 15.8. The monoisotopic (exact) mass is 335 g/mol. The van der Waals surface area contributed by atoms with Crippen LogP contribution in [0.25, 0.3) is 0 Å². The van der Waals surface area contributed by atoms with Crippen LogP contribution in [0, 0.1) is 18.3 Å². The van der Waals surface area contributed by atoms with Gasteiger partial charge in [-0.15, -0.1) is 0 Å². The number of rotatable bonds is 3. The van der Waals surface area contributed by atoms with Crippen molar-refractivity contribution < 1.29 is 4.79 Å². The highest BCUT2D eigenvalue weighted by atomic mass is 16.1. The van der Waals surface area contributed by atoms with Gasteiger partial charge in [0.25, 0.3) is 5.91 Å². The van der Waals surface area contributed by atoms with Crippen LogP contribution in [0.4, 0.5) is 5.69 Å². The average Bonchev–Trinajstić information content (AvgIpc) is 2.55. The highest BCUT2D eigenvalue weighted by molar-refractivity contribution is 6.03. The maximum absolute atomic E-state index is 12.6. The van der Waals surface area contributed by atoms with Gasteiger partial charge in [-0.05, 0) is 67.1 Å². The molecule has 2 rings (SSSR count). The lowest BCUT2D eigenvalue weighted by molar-refractivity contribution is 0.102. The second-order valence-electron chi connectivity index (χ2n) is 7.90. The van der Waals surface area contributed by atoms with Gasteiger partial charge in [-0.2, -0.15) is 5.26 Å². The van der Waals surface area contributed by atoms with E-state index in [0.717, 1.165) is 11.3 Å². The van der Waals surface area contributed by atoms with Gasteiger partial charge in [-0.25, -0.2) is 0 Å². The number of hydrogen-bond acceptors (Lipinski definition) is 3. The van der Waals surface area contributed by atoms with Gasteiger partial charge in [0.1, 0.15) is 5.69 Å². The normalized spacial score (nSPS) is 11.7. The van der Waals surface area contributed by atoms with E-state index in [1.54, 1.807) is 18.3 Å². The minimum atomic E-state index is -0.665. The molecule has 0 radical (unpaired) electrons. The van der Waals surface area contributed by atoms with Crippen LogP contribution >= 0.6 is 0 Å². The fourth-order valence-corrected chi connectivity index (χ4v) is 2.71. The Hall–Kier alpha value is -2.67. The molecule has 0 bridgehead atoms. The molecule has 0 fully saturated rings. The van der Waals surface area contributed by atoms with Gasteiger partial charge in [-0.1, -0.05) is 26.8 Å². The SMILES string of the molecule is Cc1ccc(NC(=O)c2cc(C(C)(C)C#N)ccn2)cc1C(C)(C)C. The quantitative estimate of drug-likeness (QED) is 0.881. The molecule has 0 aliphatic carbocycles. The van der Waals surface area contributed by atoms with Crippen molar-refractivity contribution >= 4 is 11.6 Å². The summed E-state index contributed by atoms with van der Waals surface area (Å²) in [6.07, 6.45) is 1.57. The Morgan fingerprint density at radius 2 is 1.80 bits per heavy atom. The summed E-state index contributed by atoms with van der Waals surface area (Å²) >= 11 is 0. The van der Waals surface area contributed by atoms with Crippen LogP contribution in [-0.4, -0.2) is 10.9 Å². The Balaban J connectivity index is 2.30. The topological polar surface area (TPSA) is 65.8 Å². The molecule has 1 N–H and O–H groups in total. The number of carbonyl (C=O) groups excluding carboxylic acids is 1. The first kappa shape index (κ1) is 18.7. The van der Waals surface area contributed by atoms with Crippen molar-refractivity contribution in [1.29, 1.82) is 5.26 Å². The van der Waals surface area contributed by atoms with Crippen LogP contribution in [0.2, 0.25) is 0 Å². The summed E-state index contributed by atoms with van der Waals surface area (Å²) in [5.74, 6) is -0.278. The van der Waals surface area contributed by atoms with E-state index in [4.69, 9.17) is 0 Å². The molecule has 1 aromatic heterocycles. The Labute approximate surface area is 149 Å². The van der Waals surface area contributed by atoms with Crippen molar-refractivity contribution in [3.8, 4) is 6.07 Å². The molecule has 0 spiro atoms. The smallest absolute Gasteiger partial charge is 0.274 e. The van der Waals surface area contributed by atoms with Crippen molar-refractivity contribution in [3.63, 3.8) is 0 Å². The highest BCUT2D eigenvalue weighted by Gasteiger charge is 2.22. The van der Waals surface area contributed by atoms with Crippen molar-refractivity contribution in [1.82, 2.24) is 4.98 Å². The third kappa shape index (κ3) is 4.24. The summed E-state index contributed by atoms with van der Waals surface area (Å²) in [7, 11) is 0. The van der Waals surface area contributed by atoms with Gasteiger partial charge in [0.05, 0.1) is 11.5 Å². The lowest BCUT2D eigenvalue weighted by Gasteiger charge is -2.22. The standard InChI is InChI=1S/C21H25N3O/c1-14-7-8-16(12-17(14)20(2,3)4)24-19(25)18-11-15(9-10-23-18)21(5,6)13-22/h7-12H,1-6H3,(H,24,25). The molecule has 0 saturated carbocycles. The summed E-state index contributed by atoms with van der Waals surface area (Å²) in [6, 6.07) is 11.6. The first-order valence-corrected chi connectivity index (χ1v) is 8.35. The zero-order valence-electron chi connectivity index (χ0n) is 15.8. The molecule has 25 heavy (non-hydrogen) atoms. The van der Waals surface area contributed by atoms with E-state index in [1.165, 1.54) is 11.1 Å². The van der Waals surface area contributed by atoms with Gasteiger partial charge in [0.2, 0.25) is 0 Å². The van der Waals surface area contributed by atoms with Gasteiger partial charge in [0.15, 0.2) is 0 Å². The third-order valence-electron chi connectivity index (χ3n) is 4.30. The lowest BCUT2D eigenvalue weighted by atomic mass is 9.84. The number of aryl methyl sites for hydroxylation is 1. The molecule has 4 nitrogen and oxygen atoms in total. The maximum atomic E-state index is 12.6. The van der Waals surface area contributed by atoms with Crippen LogP contribution < -0.4 is 5.32 Å². The molecular weight excluding hydrogens is 310 g/mol. The van der Waals surface area contributed by atoms with E-state index in [1.807, 2.05) is 32.0 Å². The van der Waals surface area contributed by atoms with Gasteiger partial charge in [-0.3, -0.25) is 9.78 Å². The van der Waals surface area contributed by atoms with Gasteiger partial charge in [0, 0.05) is 11.9 Å². The summed E-state index contributed by atoms with van der Waals surface area (Å²) in [4.78, 5) is 16.7. The number of nitrogens with one attached hydrogen (secondary N) is 1. The molecular formula is C21H25N3O. The lowest BCUT2D eigenvalue weighted by Crippen LogP contribution is -2.19. The number of amides is 1. The molecule has 1 heterocycles. The summed E-state index contributed by atoms with van der Waals surface area (Å²) in [5, 5.41) is 12.2. The van der Waals surface area contributed by atoms with Crippen molar-refractivity contribution in [2.24, 2.45) is 0 Å². The average molecular weight is 335 g/mol. The molecule has 1 aromatic carbocycles. The Morgan fingerprint density at radius 1 is 1.12 bits per heavy atom. The highest BCUT2D eigenvalue weighted by Crippen LogP contribution is 2.28. The van der Waals surface area contributed by atoms with Gasteiger partial charge >= 0.3 is 0 Å². The van der Waals surface area contributed by atoms with E-state index in [9.17, 15) is 10.1 Å². The summed E-state index contributed by atoms with van der Waals surface area (Å²) in [6.45, 7) is 12.2. The maximum Gasteiger partial charge on any atom is 0.274 e. The number of hydrogen-bond donors (Lipinski definition) is 1. The number of nitriles is 1. The number of pyridine rings is 1. The number of nitrogens with zero attached hydrogens (tertiary/aromatic N) is 2. The fourth-order valence-electron chi connectivity index (χ4n) is 2.71. The molecule has 0 atom stereocenters. The van der Waals surface area contributed by atoms with Crippen LogP contribution in [-0.2, 0) is 10.8 Å². The van der Waals surface area contributed by atoms with Crippen LogP contribution in [0.1, 0.15) is 61.8 Å². The van der Waals surface area contributed by atoms with Crippen molar-refractivity contribution in [2.45, 2.75) is 52.4 Å². The second kappa shape index (κ2) is 6.68. The molecule has 1 amide bonds. The zero-order chi connectivity index (χ0) is 18.8. The number of benzene rings is 1. The summed E-state index contributed by atoms with van der Waals surface area (Å²) in [5.41, 5.74) is 3.54. The Morgan fingerprint density at radius 3 is 2.40 bits per heavy atom. The van der Waals surface area contributed by atoms with E-state index in [-0.39, 0.29) is 11.3 Å². The summed E-state index contributed by atoms with van der Waals surface area (Å²) < 4.78 is 0. The first-order valence-electron chi connectivity index (χ1n) is 8.35. The minimum absolute atomic E-state index is 0.000192.